The van der Waals surface area contributed by atoms with Crippen molar-refractivity contribution in [1.82, 2.24) is 10.5 Å². The van der Waals surface area contributed by atoms with Crippen molar-refractivity contribution >= 4 is 5.97 Å². The number of hydrogen-bond donors (Lipinski definition) is 2. The van der Waals surface area contributed by atoms with Gasteiger partial charge in [-0.05, 0) is 38.1 Å². The molecule has 0 bridgehead atoms. The third-order valence-electron chi connectivity index (χ3n) is 3.44. The van der Waals surface area contributed by atoms with Gasteiger partial charge in [0.25, 0.3) is 0 Å². The third kappa shape index (κ3) is 3.56. The van der Waals surface area contributed by atoms with Crippen LogP contribution in [0.25, 0.3) is 0 Å². The van der Waals surface area contributed by atoms with Crippen LogP contribution in [0.3, 0.4) is 0 Å². The predicted molar refractivity (Wildman–Crippen MR) is 61.3 cm³/mol. The maximum atomic E-state index is 10.8. The van der Waals surface area contributed by atoms with Crippen molar-refractivity contribution < 1.29 is 14.4 Å². The van der Waals surface area contributed by atoms with E-state index in [0.29, 0.717) is 5.92 Å². The Morgan fingerprint density at radius 2 is 2.24 bits per heavy atom. The summed E-state index contributed by atoms with van der Waals surface area (Å²) in [5.74, 6) is -0.157. The zero-order chi connectivity index (χ0) is 12.1. The minimum Gasteiger partial charge on any atom is -0.481 e. The number of aliphatic carboxylic acids is 1. The average Bonchev–Trinajstić information content (AvgIpc) is 2.83. The molecule has 1 heterocycles. The summed E-state index contributed by atoms with van der Waals surface area (Å²) in [6, 6.07) is 0. The van der Waals surface area contributed by atoms with E-state index in [1.54, 1.807) is 12.5 Å². The van der Waals surface area contributed by atoms with Crippen molar-refractivity contribution in [3.05, 3.63) is 18.0 Å². The van der Waals surface area contributed by atoms with Gasteiger partial charge in [0.05, 0.1) is 12.1 Å². The molecule has 0 radical (unpaired) electrons. The number of aromatic nitrogens is 1. The molecule has 2 rings (SSSR count). The van der Waals surface area contributed by atoms with Gasteiger partial charge in [0, 0.05) is 12.1 Å². The van der Waals surface area contributed by atoms with Gasteiger partial charge in [-0.2, -0.15) is 0 Å². The smallest absolute Gasteiger partial charge is 0.306 e. The number of nitrogens with one attached hydrogen (secondary N) is 1. The molecule has 0 amide bonds. The third-order valence-corrected chi connectivity index (χ3v) is 3.44. The van der Waals surface area contributed by atoms with Gasteiger partial charge in [0.1, 0.15) is 6.26 Å². The van der Waals surface area contributed by atoms with E-state index in [4.69, 9.17) is 9.63 Å². The molecular weight excluding hydrogens is 220 g/mol. The summed E-state index contributed by atoms with van der Waals surface area (Å²) >= 11 is 0. The molecule has 1 aliphatic rings. The molecule has 0 saturated heterocycles. The van der Waals surface area contributed by atoms with E-state index < -0.39 is 5.97 Å². The molecular formula is C12H18N2O3. The average molecular weight is 238 g/mol. The monoisotopic (exact) mass is 238 g/mol. The Kier molecular flexibility index (Phi) is 4.14. The quantitative estimate of drug-likeness (QED) is 0.815. The van der Waals surface area contributed by atoms with Crippen LogP contribution in [0.5, 0.6) is 0 Å². The first kappa shape index (κ1) is 12.1. The van der Waals surface area contributed by atoms with Crippen molar-refractivity contribution in [2.24, 2.45) is 11.8 Å². The van der Waals surface area contributed by atoms with Crippen LogP contribution in [0.4, 0.5) is 0 Å². The molecule has 0 spiro atoms. The summed E-state index contributed by atoms with van der Waals surface area (Å²) in [5.41, 5.74) is 1.05. The summed E-state index contributed by atoms with van der Waals surface area (Å²) in [5, 5.41) is 15.9. The fourth-order valence-corrected chi connectivity index (χ4v) is 2.35. The highest BCUT2D eigenvalue weighted by atomic mass is 16.5. The molecule has 5 nitrogen and oxygen atoms in total. The van der Waals surface area contributed by atoms with Gasteiger partial charge in [-0.3, -0.25) is 4.79 Å². The summed E-state index contributed by atoms with van der Waals surface area (Å²) in [4.78, 5) is 10.8. The Morgan fingerprint density at radius 1 is 1.47 bits per heavy atom. The maximum Gasteiger partial charge on any atom is 0.306 e. The van der Waals surface area contributed by atoms with Gasteiger partial charge >= 0.3 is 5.97 Å². The van der Waals surface area contributed by atoms with Crippen LogP contribution in [-0.2, 0) is 11.3 Å². The molecule has 0 aliphatic heterocycles. The van der Waals surface area contributed by atoms with Gasteiger partial charge in [0.2, 0.25) is 0 Å². The lowest BCUT2D eigenvalue weighted by molar-refractivity contribution is -0.143. The van der Waals surface area contributed by atoms with Gasteiger partial charge < -0.3 is 14.9 Å². The van der Waals surface area contributed by atoms with Crippen molar-refractivity contribution in [3.8, 4) is 0 Å². The van der Waals surface area contributed by atoms with E-state index in [9.17, 15) is 4.79 Å². The van der Waals surface area contributed by atoms with Crippen LogP contribution in [0.2, 0.25) is 0 Å². The molecule has 0 atom stereocenters. The Balaban J connectivity index is 1.63. The highest BCUT2D eigenvalue weighted by Crippen LogP contribution is 2.28. The number of rotatable bonds is 5. The Bertz CT molecular complexity index is 343. The Labute approximate surface area is 100 Å². The molecule has 0 unspecified atom stereocenters. The second-order valence-electron chi connectivity index (χ2n) is 4.72. The summed E-state index contributed by atoms with van der Waals surface area (Å²) < 4.78 is 4.74. The number of nitrogens with zero attached hydrogens (tertiary/aromatic N) is 1. The van der Waals surface area contributed by atoms with Crippen molar-refractivity contribution in [2.75, 3.05) is 6.54 Å². The van der Waals surface area contributed by atoms with Crippen LogP contribution < -0.4 is 5.32 Å². The van der Waals surface area contributed by atoms with Crippen LogP contribution >= 0.6 is 0 Å². The van der Waals surface area contributed by atoms with Gasteiger partial charge in [0.15, 0.2) is 0 Å². The SMILES string of the molecule is O=C(O)C1CCC(CNCc2cnoc2)CC1. The summed E-state index contributed by atoms with van der Waals surface area (Å²) in [6.07, 6.45) is 6.98. The topological polar surface area (TPSA) is 75.4 Å². The minimum absolute atomic E-state index is 0.121. The van der Waals surface area contributed by atoms with E-state index in [2.05, 4.69) is 10.5 Å². The second-order valence-corrected chi connectivity index (χ2v) is 4.72. The van der Waals surface area contributed by atoms with Gasteiger partial charge in [-0.1, -0.05) is 5.16 Å². The first-order chi connectivity index (χ1) is 8.25. The molecule has 2 N–H and O–H groups in total. The van der Waals surface area contributed by atoms with Crippen molar-refractivity contribution in [2.45, 2.75) is 32.2 Å². The zero-order valence-electron chi connectivity index (χ0n) is 9.76. The first-order valence-electron chi connectivity index (χ1n) is 6.07. The number of carboxylic acids is 1. The summed E-state index contributed by atoms with van der Waals surface area (Å²) in [6.45, 7) is 1.71. The van der Waals surface area contributed by atoms with E-state index in [1.807, 2.05) is 0 Å². The van der Waals surface area contributed by atoms with E-state index in [1.165, 1.54) is 0 Å². The van der Waals surface area contributed by atoms with Crippen LogP contribution in [-0.4, -0.2) is 22.8 Å². The van der Waals surface area contributed by atoms with E-state index in [0.717, 1.165) is 44.3 Å². The molecule has 1 aromatic heterocycles. The normalized spacial score (nSPS) is 24.7. The highest BCUT2D eigenvalue weighted by Gasteiger charge is 2.25. The second kappa shape index (κ2) is 5.82. The van der Waals surface area contributed by atoms with Gasteiger partial charge in [-0.25, -0.2) is 0 Å². The molecule has 1 saturated carbocycles. The predicted octanol–water partition coefficient (Wildman–Crippen LogP) is 1.66. The molecule has 0 aromatic carbocycles. The van der Waals surface area contributed by atoms with Crippen LogP contribution in [0.1, 0.15) is 31.2 Å². The molecule has 1 aliphatic carbocycles. The lowest BCUT2D eigenvalue weighted by atomic mass is 9.82. The van der Waals surface area contributed by atoms with Crippen LogP contribution in [0, 0.1) is 11.8 Å². The van der Waals surface area contributed by atoms with E-state index in [-0.39, 0.29) is 5.92 Å². The highest BCUT2D eigenvalue weighted by molar-refractivity contribution is 5.69. The molecule has 1 fully saturated rings. The molecule has 94 valence electrons. The number of carboxylic acid groups (broad SMARTS) is 1. The number of carbonyl (C=O) groups is 1. The standard InChI is InChI=1S/C12H18N2O3/c15-12(16)11-3-1-9(2-4-11)5-13-6-10-7-14-17-8-10/h7-9,11,13H,1-6H2,(H,15,16). The number of hydrogen-bond acceptors (Lipinski definition) is 4. The lowest BCUT2D eigenvalue weighted by Crippen LogP contribution is -2.28. The molecule has 17 heavy (non-hydrogen) atoms. The fraction of sp³-hybridized carbons (Fsp3) is 0.667. The van der Waals surface area contributed by atoms with Gasteiger partial charge in [-0.15, -0.1) is 0 Å². The minimum atomic E-state index is -0.638. The maximum absolute atomic E-state index is 10.8. The molecule has 5 heteroatoms. The first-order valence-corrected chi connectivity index (χ1v) is 6.07. The van der Waals surface area contributed by atoms with Crippen molar-refractivity contribution in [1.29, 1.82) is 0 Å². The van der Waals surface area contributed by atoms with Crippen LogP contribution in [0.15, 0.2) is 17.0 Å². The zero-order valence-corrected chi connectivity index (χ0v) is 9.76. The Hall–Kier alpha value is -1.36. The van der Waals surface area contributed by atoms with Crippen molar-refractivity contribution in [3.63, 3.8) is 0 Å². The summed E-state index contributed by atoms with van der Waals surface area (Å²) in [7, 11) is 0. The largest absolute Gasteiger partial charge is 0.481 e. The Morgan fingerprint density at radius 3 is 2.82 bits per heavy atom. The lowest BCUT2D eigenvalue weighted by Gasteiger charge is -2.26. The fourth-order valence-electron chi connectivity index (χ4n) is 2.35. The molecule has 1 aromatic rings. The van der Waals surface area contributed by atoms with E-state index >= 15 is 0 Å².